The van der Waals surface area contributed by atoms with Crippen LogP contribution in [0, 0.1) is 24.1 Å². The lowest BCUT2D eigenvalue weighted by atomic mass is 9.99. The molecule has 1 heterocycles. The highest BCUT2D eigenvalue weighted by Crippen LogP contribution is 2.37. The first-order valence-corrected chi connectivity index (χ1v) is 18.8. The Balaban J connectivity index is 1.62. The van der Waals surface area contributed by atoms with Gasteiger partial charge in [0.05, 0.1) is 36.0 Å². The molecule has 0 unspecified atom stereocenters. The van der Waals surface area contributed by atoms with Gasteiger partial charge in [-0.05, 0) is 86.3 Å². The average Bonchev–Trinajstić information content (AvgIpc) is 2.99. The Hall–Kier alpha value is -4.06. The zero-order chi connectivity index (χ0) is 33.9. The molecule has 0 saturated carbocycles. The molecule has 1 aromatic heterocycles. The van der Waals surface area contributed by atoms with Crippen molar-refractivity contribution in [2.24, 2.45) is 0 Å². The maximum absolute atomic E-state index is 15.5. The van der Waals surface area contributed by atoms with Crippen molar-refractivity contribution >= 4 is 8.32 Å². The highest BCUT2D eigenvalue weighted by Gasteiger charge is 2.39. The van der Waals surface area contributed by atoms with Gasteiger partial charge in [0.15, 0.2) is 8.32 Å². The van der Waals surface area contributed by atoms with E-state index in [0.717, 1.165) is 12.0 Å². The molecule has 0 fully saturated rings. The minimum atomic E-state index is -1.93. The van der Waals surface area contributed by atoms with E-state index >= 15 is 4.39 Å². The predicted octanol–water partition coefficient (Wildman–Crippen LogP) is 9.08. The van der Waals surface area contributed by atoms with Gasteiger partial charge in [-0.3, -0.25) is 9.36 Å². The number of hydrogen-bond donors (Lipinski definition) is 0. The minimum absolute atomic E-state index is 0.0457. The van der Waals surface area contributed by atoms with Crippen molar-refractivity contribution in [3.8, 4) is 34.1 Å². The Labute approximate surface area is 274 Å². The van der Waals surface area contributed by atoms with Crippen LogP contribution in [0.15, 0.2) is 71.5 Å². The normalized spacial score (nSPS) is 12.2. The van der Waals surface area contributed by atoms with Crippen LogP contribution in [0.5, 0.6) is 5.75 Å². The summed E-state index contributed by atoms with van der Waals surface area (Å²) in [6.45, 7) is 19.5. The highest BCUT2D eigenvalue weighted by molar-refractivity contribution is 6.74. The third-order valence-corrected chi connectivity index (χ3v) is 13.2. The van der Waals surface area contributed by atoms with E-state index in [-0.39, 0.29) is 17.1 Å². The fourth-order valence-corrected chi connectivity index (χ4v) is 6.22. The van der Waals surface area contributed by atoms with Gasteiger partial charge in [0.1, 0.15) is 23.0 Å². The lowest BCUT2D eigenvalue weighted by molar-refractivity contribution is 0.0462. The predicted molar refractivity (Wildman–Crippen MR) is 186 cm³/mol. The van der Waals surface area contributed by atoms with Gasteiger partial charge in [-0.25, -0.2) is 9.37 Å². The number of nitrogens with zero attached hydrogens (tertiary/aromatic N) is 3. The summed E-state index contributed by atoms with van der Waals surface area (Å²) in [6, 6.07) is 21.7. The number of halogens is 1. The molecule has 0 amide bonds. The third-order valence-electron chi connectivity index (χ3n) is 8.77. The van der Waals surface area contributed by atoms with E-state index in [2.05, 4.69) is 39.9 Å². The van der Waals surface area contributed by atoms with Gasteiger partial charge < -0.3 is 9.16 Å². The Morgan fingerprint density at radius 3 is 2.24 bits per heavy atom. The summed E-state index contributed by atoms with van der Waals surface area (Å²) in [6.07, 6.45) is 1.38. The summed E-state index contributed by atoms with van der Waals surface area (Å²) >= 11 is 0. The Morgan fingerprint density at radius 2 is 1.63 bits per heavy atom. The molecule has 46 heavy (non-hydrogen) atoms. The summed E-state index contributed by atoms with van der Waals surface area (Å²) in [5, 5.41) is 9.60. The van der Waals surface area contributed by atoms with Crippen molar-refractivity contribution in [2.75, 3.05) is 6.61 Å². The van der Waals surface area contributed by atoms with E-state index in [1.165, 1.54) is 6.07 Å². The van der Waals surface area contributed by atoms with E-state index < -0.39 is 19.7 Å². The number of benzene rings is 3. The Bertz CT molecular complexity index is 1800. The molecule has 0 aliphatic heterocycles. The minimum Gasteiger partial charge on any atom is -0.486 e. The van der Waals surface area contributed by atoms with E-state index in [0.29, 0.717) is 58.1 Å². The molecular formula is C38H46FN3O3Si. The SMILES string of the molecule is CCCc1nc(C)c(-c2ccc(OC(C)(C)CO[Si](C)(C)C(C)(C)C)cc2)c(=O)n1Cc1ccc(-c2ccccc2C#N)cc1F. The van der Waals surface area contributed by atoms with E-state index in [1.54, 1.807) is 34.9 Å². The van der Waals surface area contributed by atoms with Crippen LogP contribution in [-0.2, 0) is 17.4 Å². The van der Waals surface area contributed by atoms with E-state index in [1.807, 2.05) is 58.0 Å². The zero-order valence-electron chi connectivity index (χ0n) is 28.6. The van der Waals surface area contributed by atoms with Crippen LogP contribution in [0.3, 0.4) is 0 Å². The molecule has 0 saturated heterocycles. The number of aromatic nitrogens is 2. The van der Waals surface area contributed by atoms with Crippen molar-refractivity contribution in [2.45, 2.75) is 91.6 Å². The lowest BCUT2D eigenvalue weighted by Gasteiger charge is -2.39. The summed E-state index contributed by atoms with van der Waals surface area (Å²) in [4.78, 5) is 18.9. The molecule has 0 atom stereocenters. The van der Waals surface area contributed by atoms with Crippen LogP contribution in [0.4, 0.5) is 4.39 Å². The zero-order valence-corrected chi connectivity index (χ0v) is 29.6. The van der Waals surface area contributed by atoms with Crippen LogP contribution < -0.4 is 10.3 Å². The van der Waals surface area contributed by atoms with Crippen molar-refractivity contribution in [1.29, 1.82) is 5.26 Å². The summed E-state index contributed by atoms with van der Waals surface area (Å²) in [7, 11) is -1.93. The topological polar surface area (TPSA) is 77.1 Å². The molecule has 0 spiro atoms. The van der Waals surface area contributed by atoms with Crippen molar-refractivity contribution in [3.05, 3.63) is 106 Å². The molecule has 8 heteroatoms. The first-order chi connectivity index (χ1) is 21.6. The van der Waals surface area contributed by atoms with Gasteiger partial charge in [0, 0.05) is 12.0 Å². The quantitative estimate of drug-likeness (QED) is 0.153. The number of rotatable bonds is 11. The third kappa shape index (κ3) is 7.83. The average molecular weight is 640 g/mol. The molecule has 0 aliphatic rings. The number of aryl methyl sites for hydroxylation is 2. The molecule has 0 bridgehead atoms. The maximum atomic E-state index is 15.5. The number of hydrogen-bond acceptors (Lipinski definition) is 5. The summed E-state index contributed by atoms with van der Waals surface area (Å²) in [5.74, 6) is 0.861. The molecular weight excluding hydrogens is 594 g/mol. The fourth-order valence-electron chi connectivity index (χ4n) is 5.08. The van der Waals surface area contributed by atoms with Crippen molar-refractivity contribution in [3.63, 3.8) is 0 Å². The summed E-state index contributed by atoms with van der Waals surface area (Å²) < 4.78 is 29.9. The van der Waals surface area contributed by atoms with Crippen LogP contribution in [0.25, 0.3) is 22.3 Å². The Kier molecular flexibility index (Phi) is 10.4. The van der Waals surface area contributed by atoms with Gasteiger partial charge in [-0.1, -0.05) is 70.2 Å². The van der Waals surface area contributed by atoms with Crippen LogP contribution >= 0.6 is 0 Å². The molecule has 0 aliphatic carbocycles. The van der Waals surface area contributed by atoms with Crippen LogP contribution in [0.2, 0.25) is 18.1 Å². The van der Waals surface area contributed by atoms with Gasteiger partial charge >= 0.3 is 0 Å². The molecule has 4 rings (SSSR count). The largest absolute Gasteiger partial charge is 0.486 e. The van der Waals surface area contributed by atoms with E-state index in [4.69, 9.17) is 14.1 Å². The molecule has 3 aromatic carbocycles. The fraction of sp³-hybridized carbons (Fsp3) is 0.395. The van der Waals surface area contributed by atoms with Gasteiger partial charge in [0.25, 0.3) is 5.56 Å². The second kappa shape index (κ2) is 13.7. The van der Waals surface area contributed by atoms with Gasteiger partial charge in [-0.15, -0.1) is 0 Å². The smallest absolute Gasteiger partial charge is 0.261 e. The first-order valence-electron chi connectivity index (χ1n) is 15.9. The van der Waals surface area contributed by atoms with Crippen LogP contribution in [-0.4, -0.2) is 30.1 Å². The highest BCUT2D eigenvalue weighted by atomic mass is 28.4. The van der Waals surface area contributed by atoms with Crippen LogP contribution in [0.1, 0.15) is 70.6 Å². The molecule has 4 aromatic rings. The first kappa shape index (κ1) is 34.8. The van der Waals surface area contributed by atoms with E-state index in [9.17, 15) is 10.1 Å². The molecule has 6 nitrogen and oxygen atoms in total. The molecule has 0 N–H and O–H groups in total. The monoisotopic (exact) mass is 639 g/mol. The standard InChI is InChI=1S/C38H46FN3O3Si/c1-10-13-34-41-26(2)35(27-18-20-31(21-19-27)45-38(6,7)25-44-46(8,9)37(3,4)5)36(43)42(34)24-30-17-16-28(22-33(30)39)32-15-12-11-14-29(32)23-40/h11-12,14-22H,10,13,24-25H2,1-9H3. The summed E-state index contributed by atoms with van der Waals surface area (Å²) in [5.41, 5.74) is 3.20. The van der Waals surface area contributed by atoms with Gasteiger partial charge in [-0.2, -0.15) is 5.26 Å². The lowest BCUT2D eigenvalue weighted by Crippen LogP contribution is -2.46. The van der Waals surface area contributed by atoms with Crippen molar-refractivity contribution < 1.29 is 13.6 Å². The number of ether oxygens (including phenoxy) is 1. The van der Waals surface area contributed by atoms with Gasteiger partial charge in [0.2, 0.25) is 0 Å². The second-order valence-electron chi connectivity index (χ2n) is 14.0. The van der Waals surface area contributed by atoms with Crippen molar-refractivity contribution in [1.82, 2.24) is 9.55 Å². The Morgan fingerprint density at radius 1 is 0.978 bits per heavy atom. The number of nitriles is 1. The maximum Gasteiger partial charge on any atom is 0.261 e. The second-order valence-corrected chi connectivity index (χ2v) is 18.8. The molecule has 0 radical (unpaired) electrons. The molecule has 242 valence electrons.